The molecule has 0 spiro atoms. The maximum Gasteiger partial charge on any atom is 0.171 e. The first-order valence-electron chi connectivity index (χ1n) is 6.20. The second kappa shape index (κ2) is 7.59. The van der Waals surface area contributed by atoms with Crippen molar-refractivity contribution in [2.45, 2.75) is 0 Å². The molecule has 1 aromatic rings. The number of morpholine rings is 1. The van der Waals surface area contributed by atoms with Crippen LogP contribution in [0.2, 0.25) is 5.02 Å². The third-order valence-corrected chi connectivity index (χ3v) is 3.26. The van der Waals surface area contributed by atoms with Gasteiger partial charge in [-0.15, -0.1) is 0 Å². The highest BCUT2D eigenvalue weighted by Crippen LogP contribution is 2.09. The number of nitrogens with zero attached hydrogens (tertiary/aromatic N) is 2. The summed E-state index contributed by atoms with van der Waals surface area (Å²) in [5.41, 5.74) is 0. The van der Waals surface area contributed by atoms with Gasteiger partial charge in [0.25, 0.3) is 0 Å². The Morgan fingerprint density at radius 1 is 1.42 bits per heavy atom. The van der Waals surface area contributed by atoms with E-state index < -0.39 is 0 Å². The van der Waals surface area contributed by atoms with Crippen molar-refractivity contribution in [2.75, 3.05) is 44.7 Å². The minimum Gasteiger partial charge on any atom is -0.379 e. The molecule has 19 heavy (non-hydrogen) atoms. The van der Waals surface area contributed by atoms with Gasteiger partial charge in [0.2, 0.25) is 0 Å². The minimum absolute atomic E-state index is 0.572. The first-order chi connectivity index (χ1) is 9.24. The molecule has 0 saturated carbocycles. The predicted octanol–water partition coefficient (Wildman–Crippen LogP) is 1.35. The van der Waals surface area contributed by atoms with Crippen molar-refractivity contribution in [3.05, 3.63) is 23.4 Å². The Kier molecular flexibility index (Phi) is 5.78. The molecule has 0 aromatic carbocycles. The SMILES string of the molecule is S=C(NCCN1CCOCC1)Nc1ccc(Cl)cn1. The summed E-state index contributed by atoms with van der Waals surface area (Å²) >= 11 is 11.0. The van der Waals surface area contributed by atoms with Gasteiger partial charge in [0.15, 0.2) is 5.11 Å². The van der Waals surface area contributed by atoms with Crippen LogP contribution in [0.4, 0.5) is 5.82 Å². The molecule has 2 rings (SSSR count). The Hall–Kier alpha value is -0.950. The highest BCUT2D eigenvalue weighted by atomic mass is 35.5. The topological polar surface area (TPSA) is 49.4 Å². The number of rotatable bonds is 4. The number of halogens is 1. The Bertz CT molecular complexity index is 409. The summed E-state index contributed by atoms with van der Waals surface area (Å²) in [5.74, 6) is 0.688. The molecule has 7 heteroatoms. The quantitative estimate of drug-likeness (QED) is 0.819. The molecular weight excluding hydrogens is 284 g/mol. The summed E-state index contributed by atoms with van der Waals surface area (Å²) in [5, 5.41) is 7.35. The van der Waals surface area contributed by atoms with Crippen LogP contribution in [0, 0.1) is 0 Å². The van der Waals surface area contributed by atoms with E-state index in [1.54, 1.807) is 18.3 Å². The second-order valence-electron chi connectivity index (χ2n) is 4.20. The lowest BCUT2D eigenvalue weighted by atomic mass is 10.4. The summed E-state index contributed by atoms with van der Waals surface area (Å²) in [6.07, 6.45) is 1.58. The summed E-state index contributed by atoms with van der Waals surface area (Å²) in [6.45, 7) is 5.37. The predicted molar refractivity (Wildman–Crippen MR) is 80.7 cm³/mol. The van der Waals surface area contributed by atoms with E-state index in [-0.39, 0.29) is 0 Å². The maximum atomic E-state index is 5.76. The van der Waals surface area contributed by atoms with E-state index >= 15 is 0 Å². The normalized spacial score (nSPS) is 16.1. The Labute approximate surface area is 123 Å². The number of thiocarbonyl (C=S) groups is 1. The van der Waals surface area contributed by atoms with Crippen molar-refractivity contribution < 1.29 is 4.74 Å². The van der Waals surface area contributed by atoms with Gasteiger partial charge in [0.05, 0.1) is 18.2 Å². The van der Waals surface area contributed by atoms with Gasteiger partial charge >= 0.3 is 0 Å². The zero-order chi connectivity index (χ0) is 13.5. The number of nitrogens with one attached hydrogen (secondary N) is 2. The van der Waals surface area contributed by atoms with Crippen LogP contribution in [0.3, 0.4) is 0 Å². The van der Waals surface area contributed by atoms with Crippen molar-refractivity contribution in [3.8, 4) is 0 Å². The van der Waals surface area contributed by atoms with Gasteiger partial charge in [-0.3, -0.25) is 4.90 Å². The van der Waals surface area contributed by atoms with Crippen LogP contribution in [0.1, 0.15) is 0 Å². The monoisotopic (exact) mass is 300 g/mol. The van der Waals surface area contributed by atoms with Gasteiger partial charge in [0, 0.05) is 32.4 Å². The average Bonchev–Trinajstić information content (AvgIpc) is 2.43. The smallest absolute Gasteiger partial charge is 0.171 e. The summed E-state index contributed by atoms with van der Waals surface area (Å²) in [4.78, 5) is 6.47. The lowest BCUT2D eigenvalue weighted by molar-refractivity contribution is 0.0389. The van der Waals surface area contributed by atoms with E-state index in [9.17, 15) is 0 Å². The zero-order valence-corrected chi connectivity index (χ0v) is 12.1. The van der Waals surface area contributed by atoms with Gasteiger partial charge in [-0.25, -0.2) is 4.98 Å². The van der Waals surface area contributed by atoms with Crippen LogP contribution in [-0.2, 0) is 4.74 Å². The molecule has 1 aromatic heterocycles. The van der Waals surface area contributed by atoms with Crippen molar-refractivity contribution in [1.29, 1.82) is 0 Å². The Balaban J connectivity index is 1.65. The summed E-state index contributed by atoms with van der Waals surface area (Å²) in [6, 6.07) is 3.56. The third kappa shape index (κ3) is 5.28. The molecule has 2 heterocycles. The molecule has 0 radical (unpaired) electrons. The Morgan fingerprint density at radius 3 is 2.89 bits per heavy atom. The fraction of sp³-hybridized carbons (Fsp3) is 0.500. The third-order valence-electron chi connectivity index (χ3n) is 2.79. The molecule has 0 unspecified atom stereocenters. The molecule has 1 aliphatic heterocycles. The second-order valence-corrected chi connectivity index (χ2v) is 5.04. The Morgan fingerprint density at radius 2 is 2.21 bits per heavy atom. The number of pyridine rings is 1. The number of anilines is 1. The van der Waals surface area contributed by atoms with Gasteiger partial charge in [0.1, 0.15) is 5.82 Å². The first-order valence-corrected chi connectivity index (χ1v) is 6.99. The van der Waals surface area contributed by atoms with E-state index in [1.807, 2.05) is 0 Å². The van der Waals surface area contributed by atoms with Gasteiger partial charge in [-0.05, 0) is 24.4 Å². The fourth-order valence-corrected chi connectivity index (χ4v) is 2.08. The number of hydrogen-bond acceptors (Lipinski definition) is 4. The van der Waals surface area contributed by atoms with Crippen molar-refractivity contribution >= 4 is 34.7 Å². The molecule has 0 bridgehead atoms. The van der Waals surface area contributed by atoms with Crippen LogP contribution >= 0.6 is 23.8 Å². The average molecular weight is 301 g/mol. The summed E-state index contributed by atoms with van der Waals surface area (Å²) < 4.78 is 5.30. The highest BCUT2D eigenvalue weighted by molar-refractivity contribution is 7.80. The molecule has 0 atom stereocenters. The largest absolute Gasteiger partial charge is 0.379 e. The molecule has 2 N–H and O–H groups in total. The molecule has 1 fully saturated rings. The van der Waals surface area contributed by atoms with Crippen molar-refractivity contribution in [3.63, 3.8) is 0 Å². The van der Waals surface area contributed by atoms with Gasteiger partial charge in [-0.1, -0.05) is 11.6 Å². The maximum absolute atomic E-state index is 5.76. The number of aromatic nitrogens is 1. The van der Waals surface area contributed by atoms with Crippen molar-refractivity contribution in [1.82, 2.24) is 15.2 Å². The molecule has 1 aliphatic rings. The molecule has 1 saturated heterocycles. The minimum atomic E-state index is 0.572. The van der Waals surface area contributed by atoms with E-state index in [1.165, 1.54) is 0 Å². The van der Waals surface area contributed by atoms with Gasteiger partial charge in [-0.2, -0.15) is 0 Å². The lowest BCUT2D eigenvalue weighted by Crippen LogP contribution is -2.42. The molecule has 5 nitrogen and oxygen atoms in total. The van der Waals surface area contributed by atoms with E-state index in [0.29, 0.717) is 16.0 Å². The first kappa shape index (κ1) is 14.5. The van der Waals surface area contributed by atoms with E-state index in [0.717, 1.165) is 39.4 Å². The number of hydrogen-bond donors (Lipinski definition) is 2. The molecular formula is C12H17ClN4OS. The van der Waals surface area contributed by atoms with Crippen molar-refractivity contribution in [2.24, 2.45) is 0 Å². The van der Waals surface area contributed by atoms with Crippen LogP contribution in [0.25, 0.3) is 0 Å². The molecule has 0 amide bonds. The zero-order valence-electron chi connectivity index (χ0n) is 10.6. The lowest BCUT2D eigenvalue weighted by Gasteiger charge is -2.26. The molecule has 0 aliphatic carbocycles. The van der Waals surface area contributed by atoms with Crippen LogP contribution in [-0.4, -0.2) is 54.4 Å². The number of ether oxygens (including phenoxy) is 1. The van der Waals surface area contributed by atoms with E-state index in [2.05, 4.69) is 20.5 Å². The van der Waals surface area contributed by atoms with Crippen LogP contribution < -0.4 is 10.6 Å². The standard InChI is InChI=1S/C12H17ClN4OS/c13-10-1-2-11(15-9-10)16-12(19)14-3-4-17-5-7-18-8-6-17/h1-2,9H,3-8H2,(H2,14,15,16,19). The van der Waals surface area contributed by atoms with E-state index in [4.69, 9.17) is 28.6 Å². The molecule has 104 valence electrons. The summed E-state index contributed by atoms with van der Waals surface area (Å²) in [7, 11) is 0. The van der Waals surface area contributed by atoms with Crippen LogP contribution in [0.15, 0.2) is 18.3 Å². The van der Waals surface area contributed by atoms with Gasteiger partial charge < -0.3 is 15.4 Å². The fourth-order valence-electron chi connectivity index (χ4n) is 1.76. The highest BCUT2D eigenvalue weighted by Gasteiger charge is 2.09. The van der Waals surface area contributed by atoms with Crippen LogP contribution in [0.5, 0.6) is 0 Å².